The minimum Gasteiger partial charge on any atom is -0.466 e. The summed E-state index contributed by atoms with van der Waals surface area (Å²) in [6, 6.07) is 0. The molecule has 0 fully saturated rings. The minimum atomic E-state index is -0.0382. The van der Waals surface area contributed by atoms with Gasteiger partial charge >= 0.3 is 5.97 Å². The van der Waals surface area contributed by atoms with E-state index in [9.17, 15) is 4.79 Å². The normalized spacial score (nSPS) is 11.9. The Kier molecular flexibility index (Phi) is 15.7. The molecule has 0 aromatic heterocycles. The molecule has 0 aliphatic rings. The van der Waals surface area contributed by atoms with E-state index in [2.05, 4.69) is 43.4 Å². The molecule has 0 aliphatic heterocycles. The van der Waals surface area contributed by atoms with Crippen LogP contribution >= 0.6 is 0 Å². The van der Waals surface area contributed by atoms with E-state index in [1.165, 1.54) is 19.3 Å². The maximum Gasteiger partial charge on any atom is 0.305 e. The molecule has 0 unspecified atom stereocenters. The highest BCUT2D eigenvalue weighted by molar-refractivity contribution is 5.69. The molecule has 0 radical (unpaired) electrons. The van der Waals surface area contributed by atoms with E-state index < -0.39 is 0 Å². The molecule has 0 amide bonds. The van der Waals surface area contributed by atoms with Crippen molar-refractivity contribution in [3.05, 3.63) is 36.5 Å². The van der Waals surface area contributed by atoms with E-state index >= 15 is 0 Å². The number of unbranched alkanes of at least 4 members (excludes halogenated alkanes) is 5. The molecule has 0 aromatic carbocycles. The number of ether oxygens (including phenoxy) is 1. The molecule has 0 bridgehead atoms. The predicted octanol–water partition coefficient (Wildman–Crippen LogP) is 5.75. The lowest BCUT2D eigenvalue weighted by Gasteiger charge is -2.02. The highest BCUT2D eigenvalue weighted by Gasteiger charge is 2.00. The van der Waals surface area contributed by atoms with Gasteiger partial charge in [0.25, 0.3) is 0 Å². The molecule has 0 atom stereocenters. The first-order valence-electron chi connectivity index (χ1n) is 8.45. The smallest absolute Gasteiger partial charge is 0.305 e. The van der Waals surface area contributed by atoms with E-state index in [1.807, 2.05) is 6.92 Å². The van der Waals surface area contributed by atoms with Crippen LogP contribution < -0.4 is 0 Å². The Morgan fingerprint density at radius 2 is 1.52 bits per heavy atom. The number of carbonyl (C=O) groups excluding carboxylic acids is 1. The van der Waals surface area contributed by atoms with Crippen molar-refractivity contribution in [3.8, 4) is 0 Å². The molecule has 0 saturated heterocycles. The predicted molar refractivity (Wildman–Crippen MR) is 91.3 cm³/mol. The lowest BCUT2D eigenvalue weighted by atomic mass is 10.1. The minimum absolute atomic E-state index is 0.0382. The highest BCUT2D eigenvalue weighted by Crippen LogP contribution is 2.08. The summed E-state index contributed by atoms with van der Waals surface area (Å²) in [5.41, 5.74) is 0. The van der Waals surface area contributed by atoms with Crippen molar-refractivity contribution in [1.82, 2.24) is 0 Å². The van der Waals surface area contributed by atoms with Crippen LogP contribution in [0.3, 0.4) is 0 Å². The molecule has 0 spiro atoms. The molecule has 0 saturated carbocycles. The Morgan fingerprint density at radius 3 is 2.24 bits per heavy atom. The highest BCUT2D eigenvalue weighted by atomic mass is 16.5. The Bertz CT molecular complexity index is 314. The second kappa shape index (κ2) is 16.7. The fourth-order valence-corrected chi connectivity index (χ4v) is 1.87. The molecule has 0 rings (SSSR count). The average Bonchev–Trinajstić information content (AvgIpc) is 2.49. The summed E-state index contributed by atoms with van der Waals surface area (Å²) in [6.07, 6.45) is 22.2. The third kappa shape index (κ3) is 16.6. The fraction of sp³-hybridized carbons (Fsp3) is 0.632. The summed E-state index contributed by atoms with van der Waals surface area (Å²) in [4.78, 5) is 11.3. The van der Waals surface area contributed by atoms with Crippen LogP contribution in [0.25, 0.3) is 0 Å². The van der Waals surface area contributed by atoms with Crippen molar-refractivity contribution in [2.24, 2.45) is 0 Å². The van der Waals surface area contributed by atoms with Crippen LogP contribution in [0.4, 0.5) is 0 Å². The largest absolute Gasteiger partial charge is 0.466 e. The topological polar surface area (TPSA) is 26.3 Å². The summed E-state index contributed by atoms with van der Waals surface area (Å²) >= 11 is 0. The molecule has 0 heterocycles. The van der Waals surface area contributed by atoms with Gasteiger partial charge in [0.1, 0.15) is 0 Å². The summed E-state index contributed by atoms with van der Waals surface area (Å²) < 4.78 is 5.04. The van der Waals surface area contributed by atoms with Gasteiger partial charge in [-0.2, -0.15) is 0 Å². The summed E-state index contributed by atoms with van der Waals surface area (Å²) in [5.74, 6) is -0.0382. The number of allylic oxidation sites excluding steroid dienone is 6. The molecular formula is C19H32O2. The second-order valence-electron chi connectivity index (χ2n) is 5.18. The molecule has 0 N–H and O–H groups in total. The first kappa shape index (κ1) is 19.7. The van der Waals surface area contributed by atoms with Crippen molar-refractivity contribution in [3.63, 3.8) is 0 Å². The summed E-state index contributed by atoms with van der Waals surface area (Å²) in [6.45, 7) is 4.71. The van der Waals surface area contributed by atoms with Gasteiger partial charge in [-0.1, -0.05) is 69.6 Å². The van der Waals surface area contributed by atoms with Crippen molar-refractivity contribution < 1.29 is 9.53 Å². The second-order valence-corrected chi connectivity index (χ2v) is 5.18. The maximum atomic E-state index is 11.3. The van der Waals surface area contributed by atoms with Crippen LogP contribution in [-0.4, -0.2) is 12.6 Å². The zero-order valence-electron chi connectivity index (χ0n) is 13.9. The van der Waals surface area contributed by atoms with E-state index in [0.29, 0.717) is 13.0 Å². The van der Waals surface area contributed by atoms with Gasteiger partial charge in [0.15, 0.2) is 0 Å². The third-order valence-corrected chi connectivity index (χ3v) is 3.06. The van der Waals surface area contributed by atoms with Crippen molar-refractivity contribution in [1.29, 1.82) is 0 Å². The SMILES string of the molecule is CC/C=C/C=C/C=C/CCCCCCCC(=O)OCCC. The Hall–Kier alpha value is -1.31. The van der Waals surface area contributed by atoms with Crippen LogP contribution in [0, 0.1) is 0 Å². The van der Waals surface area contributed by atoms with Gasteiger partial charge < -0.3 is 4.74 Å². The van der Waals surface area contributed by atoms with Crippen LogP contribution in [0.2, 0.25) is 0 Å². The number of hydrogen-bond donors (Lipinski definition) is 0. The number of hydrogen-bond acceptors (Lipinski definition) is 2. The fourth-order valence-electron chi connectivity index (χ4n) is 1.87. The van der Waals surface area contributed by atoms with E-state index in [1.54, 1.807) is 0 Å². The molecule has 2 heteroatoms. The summed E-state index contributed by atoms with van der Waals surface area (Å²) in [5, 5.41) is 0. The van der Waals surface area contributed by atoms with Crippen molar-refractivity contribution >= 4 is 5.97 Å². The summed E-state index contributed by atoms with van der Waals surface area (Å²) in [7, 11) is 0. The van der Waals surface area contributed by atoms with Gasteiger partial charge in [-0.3, -0.25) is 4.79 Å². The van der Waals surface area contributed by atoms with Gasteiger partial charge in [-0.05, 0) is 32.1 Å². The van der Waals surface area contributed by atoms with E-state index in [0.717, 1.165) is 32.1 Å². The Balaban J connectivity index is 3.29. The molecule has 120 valence electrons. The zero-order valence-corrected chi connectivity index (χ0v) is 13.9. The average molecular weight is 292 g/mol. The van der Waals surface area contributed by atoms with Gasteiger partial charge in [0.05, 0.1) is 6.61 Å². The maximum absolute atomic E-state index is 11.3. The zero-order chi connectivity index (χ0) is 15.6. The molecular weight excluding hydrogens is 260 g/mol. The van der Waals surface area contributed by atoms with Crippen molar-refractivity contribution in [2.45, 2.75) is 71.6 Å². The molecule has 0 aliphatic carbocycles. The lowest BCUT2D eigenvalue weighted by Crippen LogP contribution is -2.04. The van der Waals surface area contributed by atoms with E-state index in [4.69, 9.17) is 4.74 Å². The number of esters is 1. The van der Waals surface area contributed by atoms with Gasteiger partial charge in [-0.25, -0.2) is 0 Å². The lowest BCUT2D eigenvalue weighted by molar-refractivity contribution is -0.143. The van der Waals surface area contributed by atoms with Gasteiger partial charge in [0.2, 0.25) is 0 Å². The van der Waals surface area contributed by atoms with Crippen LogP contribution in [0.15, 0.2) is 36.5 Å². The van der Waals surface area contributed by atoms with Crippen LogP contribution in [0.1, 0.15) is 71.6 Å². The molecule has 21 heavy (non-hydrogen) atoms. The molecule has 2 nitrogen and oxygen atoms in total. The number of carbonyl (C=O) groups is 1. The monoisotopic (exact) mass is 292 g/mol. The van der Waals surface area contributed by atoms with Crippen molar-refractivity contribution in [2.75, 3.05) is 6.61 Å². The standard InChI is InChI=1S/C19H32O2/c1-3-5-6-7-8-9-10-11-12-13-14-15-16-17-19(20)21-18-4-2/h5-10H,3-4,11-18H2,1-2H3/b6-5+,8-7+,10-9+. The van der Waals surface area contributed by atoms with E-state index in [-0.39, 0.29) is 5.97 Å². The Morgan fingerprint density at radius 1 is 0.857 bits per heavy atom. The van der Waals surface area contributed by atoms with Gasteiger partial charge in [-0.15, -0.1) is 0 Å². The number of rotatable bonds is 13. The van der Waals surface area contributed by atoms with Crippen LogP contribution in [-0.2, 0) is 9.53 Å². The Labute approximate surface area is 131 Å². The van der Waals surface area contributed by atoms with Gasteiger partial charge in [0, 0.05) is 6.42 Å². The molecule has 0 aromatic rings. The third-order valence-electron chi connectivity index (χ3n) is 3.06. The van der Waals surface area contributed by atoms with Crippen LogP contribution in [0.5, 0.6) is 0 Å². The quantitative estimate of drug-likeness (QED) is 0.245. The first-order valence-corrected chi connectivity index (χ1v) is 8.45. The first-order chi connectivity index (χ1) is 10.3.